The van der Waals surface area contributed by atoms with Crippen molar-refractivity contribution < 1.29 is 9.47 Å². The minimum absolute atomic E-state index is 0.295. The Bertz CT molecular complexity index is 832. The number of aryl methyl sites for hydroxylation is 1. The van der Waals surface area contributed by atoms with Crippen molar-refractivity contribution in [1.29, 1.82) is 0 Å². The number of hydrogen-bond donors (Lipinski definition) is 1. The minimum atomic E-state index is 0.295. The van der Waals surface area contributed by atoms with Gasteiger partial charge in [0.1, 0.15) is 5.82 Å². The largest absolute Gasteiger partial charge is 0.454 e. The van der Waals surface area contributed by atoms with Crippen LogP contribution in [-0.4, -0.2) is 59.7 Å². The fraction of sp³-hybridized carbons (Fsp3) is 0.526. The van der Waals surface area contributed by atoms with E-state index in [-0.39, 0.29) is 0 Å². The standard InChI is InChI=1S/C19H26N6O2S/c1-3-17-22-19(28-23-17)25-9-7-24(8-10-25)18(20-4-2)21-12-14-5-6-15-16(11-14)27-13-26-15/h5-6,11H,3-4,7-10,12-13H2,1-2H3,(H,20,21). The molecule has 0 aliphatic carbocycles. The zero-order valence-electron chi connectivity index (χ0n) is 16.3. The van der Waals surface area contributed by atoms with Crippen LogP contribution in [0.25, 0.3) is 0 Å². The molecule has 28 heavy (non-hydrogen) atoms. The summed E-state index contributed by atoms with van der Waals surface area (Å²) in [5.41, 5.74) is 1.11. The third-order valence-electron chi connectivity index (χ3n) is 4.81. The molecule has 150 valence electrons. The molecule has 0 amide bonds. The molecule has 0 saturated carbocycles. The fourth-order valence-corrected chi connectivity index (χ4v) is 4.06. The number of nitrogens with one attached hydrogen (secondary N) is 1. The molecule has 4 rings (SSSR count). The number of piperazine rings is 1. The average molecular weight is 403 g/mol. The van der Waals surface area contributed by atoms with Crippen LogP contribution in [0.4, 0.5) is 5.13 Å². The molecule has 9 heteroatoms. The zero-order valence-corrected chi connectivity index (χ0v) is 17.2. The first-order valence-electron chi connectivity index (χ1n) is 9.76. The lowest BCUT2D eigenvalue weighted by Crippen LogP contribution is -2.52. The van der Waals surface area contributed by atoms with Crippen LogP contribution in [-0.2, 0) is 13.0 Å². The summed E-state index contributed by atoms with van der Waals surface area (Å²) in [6.07, 6.45) is 0.882. The SMILES string of the molecule is CCNC(=NCc1ccc2c(c1)OCO2)N1CCN(c2nc(CC)ns2)CC1. The maximum absolute atomic E-state index is 5.46. The Labute approximate surface area is 169 Å². The molecule has 1 N–H and O–H groups in total. The van der Waals surface area contributed by atoms with E-state index in [1.54, 1.807) is 0 Å². The van der Waals surface area contributed by atoms with Crippen LogP contribution >= 0.6 is 11.5 Å². The van der Waals surface area contributed by atoms with Crippen molar-refractivity contribution in [2.24, 2.45) is 4.99 Å². The quantitative estimate of drug-likeness (QED) is 0.606. The van der Waals surface area contributed by atoms with E-state index in [4.69, 9.17) is 14.5 Å². The molecule has 2 aliphatic rings. The predicted octanol–water partition coefficient (Wildman–Crippen LogP) is 2.12. The fourth-order valence-electron chi connectivity index (χ4n) is 3.26. The number of benzene rings is 1. The Morgan fingerprint density at radius 3 is 2.75 bits per heavy atom. The van der Waals surface area contributed by atoms with Gasteiger partial charge in [0.05, 0.1) is 6.54 Å². The number of rotatable bonds is 5. The molecule has 1 aromatic heterocycles. The van der Waals surface area contributed by atoms with Gasteiger partial charge in [0.25, 0.3) is 0 Å². The first-order chi connectivity index (χ1) is 13.8. The smallest absolute Gasteiger partial charge is 0.231 e. The van der Waals surface area contributed by atoms with Crippen LogP contribution in [0.15, 0.2) is 23.2 Å². The van der Waals surface area contributed by atoms with Gasteiger partial charge in [0.2, 0.25) is 11.9 Å². The van der Waals surface area contributed by atoms with Gasteiger partial charge in [-0.1, -0.05) is 13.0 Å². The number of fused-ring (bicyclic) bond motifs is 1. The van der Waals surface area contributed by atoms with Gasteiger partial charge in [0.15, 0.2) is 17.5 Å². The first kappa shape index (κ1) is 18.8. The van der Waals surface area contributed by atoms with Gasteiger partial charge in [-0.05, 0) is 24.6 Å². The van der Waals surface area contributed by atoms with Gasteiger partial charge < -0.3 is 24.6 Å². The van der Waals surface area contributed by atoms with E-state index in [1.807, 2.05) is 18.2 Å². The van der Waals surface area contributed by atoms with E-state index < -0.39 is 0 Å². The van der Waals surface area contributed by atoms with E-state index in [0.717, 1.165) is 73.1 Å². The number of guanidine groups is 1. The lowest BCUT2D eigenvalue weighted by atomic mass is 10.2. The number of anilines is 1. The molecular weight excluding hydrogens is 376 g/mol. The number of hydrogen-bond acceptors (Lipinski definition) is 7. The molecule has 1 saturated heterocycles. The summed E-state index contributed by atoms with van der Waals surface area (Å²) < 4.78 is 15.2. The molecule has 0 atom stereocenters. The van der Waals surface area contributed by atoms with Crippen LogP contribution in [0, 0.1) is 0 Å². The van der Waals surface area contributed by atoms with Crippen molar-refractivity contribution in [2.45, 2.75) is 26.8 Å². The maximum atomic E-state index is 5.46. The lowest BCUT2D eigenvalue weighted by molar-refractivity contribution is 0.174. The molecule has 0 bridgehead atoms. The highest BCUT2D eigenvalue weighted by molar-refractivity contribution is 7.09. The molecule has 2 aliphatic heterocycles. The van der Waals surface area contributed by atoms with Crippen LogP contribution in [0.1, 0.15) is 25.2 Å². The molecule has 1 fully saturated rings. The molecule has 1 aromatic carbocycles. The Morgan fingerprint density at radius 2 is 2.00 bits per heavy atom. The highest BCUT2D eigenvalue weighted by Crippen LogP contribution is 2.32. The summed E-state index contributed by atoms with van der Waals surface area (Å²) in [5.74, 6) is 3.49. The molecule has 8 nitrogen and oxygen atoms in total. The number of aromatic nitrogens is 2. The van der Waals surface area contributed by atoms with Gasteiger partial charge in [0, 0.05) is 50.7 Å². The van der Waals surface area contributed by atoms with Crippen molar-refractivity contribution in [3.63, 3.8) is 0 Å². The van der Waals surface area contributed by atoms with Crippen LogP contribution < -0.4 is 19.7 Å². The summed E-state index contributed by atoms with van der Waals surface area (Å²) in [6.45, 7) is 9.60. The second-order valence-electron chi connectivity index (χ2n) is 6.68. The molecule has 2 aromatic rings. The highest BCUT2D eigenvalue weighted by atomic mass is 32.1. The van der Waals surface area contributed by atoms with E-state index in [0.29, 0.717) is 13.3 Å². The Balaban J connectivity index is 1.38. The van der Waals surface area contributed by atoms with Gasteiger partial charge in [-0.25, -0.2) is 9.98 Å². The second kappa shape index (κ2) is 8.64. The number of ether oxygens (including phenoxy) is 2. The van der Waals surface area contributed by atoms with E-state index in [9.17, 15) is 0 Å². The molecule has 3 heterocycles. The van der Waals surface area contributed by atoms with Gasteiger partial charge in [-0.3, -0.25) is 0 Å². The summed E-state index contributed by atoms with van der Waals surface area (Å²) in [4.78, 5) is 14.1. The number of nitrogens with zero attached hydrogens (tertiary/aromatic N) is 5. The maximum Gasteiger partial charge on any atom is 0.231 e. The van der Waals surface area contributed by atoms with E-state index >= 15 is 0 Å². The Kier molecular flexibility index (Phi) is 5.80. The molecule has 0 spiro atoms. The number of aliphatic imine (C=N–C) groups is 1. The normalized spacial score (nSPS) is 16.6. The zero-order chi connectivity index (χ0) is 19.3. The summed E-state index contributed by atoms with van der Waals surface area (Å²) in [7, 11) is 0. The minimum Gasteiger partial charge on any atom is -0.454 e. The predicted molar refractivity (Wildman–Crippen MR) is 110 cm³/mol. The van der Waals surface area contributed by atoms with Crippen molar-refractivity contribution in [1.82, 2.24) is 19.6 Å². The van der Waals surface area contributed by atoms with Crippen molar-refractivity contribution in [2.75, 3.05) is 44.4 Å². The van der Waals surface area contributed by atoms with Gasteiger partial charge in [-0.2, -0.15) is 4.37 Å². The van der Waals surface area contributed by atoms with Gasteiger partial charge in [-0.15, -0.1) is 0 Å². The van der Waals surface area contributed by atoms with Crippen molar-refractivity contribution in [3.8, 4) is 11.5 Å². The van der Waals surface area contributed by atoms with Gasteiger partial charge >= 0.3 is 0 Å². The third-order valence-corrected chi connectivity index (χ3v) is 5.62. The Hall–Kier alpha value is -2.55. The van der Waals surface area contributed by atoms with Crippen molar-refractivity contribution in [3.05, 3.63) is 29.6 Å². The highest BCUT2D eigenvalue weighted by Gasteiger charge is 2.22. The molecule has 0 unspecified atom stereocenters. The molecule has 0 radical (unpaired) electrons. The summed E-state index contributed by atoms with van der Waals surface area (Å²) in [6, 6.07) is 6.00. The van der Waals surface area contributed by atoms with Crippen LogP contribution in [0.5, 0.6) is 11.5 Å². The average Bonchev–Trinajstić information content (AvgIpc) is 3.40. The van der Waals surface area contributed by atoms with E-state index in [2.05, 4.69) is 38.3 Å². The monoisotopic (exact) mass is 402 g/mol. The first-order valence-corrected chi connectivity index (χ1v) is 10.5. The van der Waals surface area contributed by atoms with Crippen LogP contribution in [0.2, 0.25) is 0 Å². The molecular formula is C19H26N6O2S. The summed E-state index contributed by atoms with van der Waals surface area (Å²) in [5, 5.41) is 4.45. The van der Waals surface area contributed by atoms with E-state index in [1.165, 1.54) is 11.5 Å². The Morgan fingerprint density at radius 1 is 1.18 bits per heavy atom. The lowest BCUT2D eigenvalue weighted by Gasteiger charge is -2.36. The van der Waals surface area contributed by atoms with Crippen LogP contribution in [0.3, 0.4) is 0 Å². The van der Waals surface area contributed by atoms with Crippen molar-refractivity contribution >= 4 is 22.6 Å². The second-order valence-corrected chi connectivity index (χ2v) is 7.41. The summed E-state index contributed by atoms with van der Waals surface area (Å²) >= 11 is 1.50. The topological polar surface area (TPSA) is 75.1 Å². The third kappa shape index (κ3) is 4.14.